The maximum Gasteiger partial charge on any atom is 0.0886 e. The highest BCUT2D eigenvalue weighted by Gasteiger charge is 2.65. The Kier molecular flexibility index (Phi) is 5.33. The van der Waals surface area contributed by atoms with Crippen LogP contribution in [0.3, 0.4) is 0 Å². The third kappa shape index (κ3) is 3.04. The summed E-state index contributed by atoms with van der Waals surface area (Å²) in [6.45, 7) is 10.1. The van der Waals surface area contributed by atoms with E-state index in [1.807, 2.05) is 0 Å². The number of fused-ring (bicyclic) bond motifs is 7. The maximum atomic E-state index is 10.1. The van der Waals surface area contributed by atoms with E-state index in [4.69, 9.17) is 4.74 Å². The van der Waals surface area contributed by atoms with Crippen LogP contribution in [0.2, 0.25) is 0 Å². The first-order valence-electron chi connectivity index (χ1n) is 12.9. The molecule has 1 saturated heterocycles. The van der Waals surface area contributed by atoms with Crippen LogP contribution in [0.15, 0.2) is 11.8 Å². The SMILES string of the molecule is CC(CO)CC[C@H]1O[C@H]2C[C@H]3[C@@H]4CCC5CC(O)=CC[C@]5(C)[C@H]4CC[C@]3(C)[C@H]2[C@@H]1C. The highest BCUT2D eigenvalue weighted by Crippen LogP contribution is 2.69. The summed E-state index contributed by atoms with van der Waals surface area (Å²) in [6, 6.07) is 0. The minimum atomic E-state index is 0.295. The second kappa shape index (κ2) is 7.51. The Morgan fingerprint density at radius 2 is 1.97 bits per heavy atom. The number of aliphatic hydroxyl groups excluding tert-OH is 2. The molecule has 5 rings (SSSR count). The Labute approximate surface area is 183 Å². The molecule has 0 bridgehead atoms. The normalized spacial score (nSPS) is 53.3. The van der Waals surface area contributed by atoms with Crippen molar-refractivity contribution in [3.8, 4) is 0 Å². The predicted octanol–water partition coefficient (Wildman–Crippen LogP) is 6.12. The molecule has 1 heterocycles. The number of aliphatic hydroxyl groups is 2. The van der Waals surface area contributed by atoms with Crippen molar-refractivity contribution in [1.29, 1.82) is 0 Å². The van der Waals surface area contributed by atoms with Crippen LogP contribution in [0.4, 0.5) is 0 Å². The minimum absolute atomic E-state index is 0.295. The quantitative estimate of drug-likeness (QED) is 0.580. The highest BCUT2D eigenvalue weighted by atomic mass is 16.5. The van der Waals surface area contributed by atoms with Crippen LogP contribution >= 0.6 is 0 Å². The van der Waals surface area contributed by atoms with E-state index in [0.29, 0.717) is 53.2 Å². The molecular weight excluding hydrogens is 372 g/mol. The topological polar surface area (TPSA) is 49.7 Å². The minimum Gasteiger partial charge on any atom is -0.513 e. The van der Waals surface area contributed by atoms with E-state index >= 15 is 0 Å². The van der Waals surface area contributed by atoms with Crippen LogP contribution in [-0.4, -0.2) is 29.0 Å². The van der Waals surface area contributed by atoms with Gasteiger partial charge in [0.2, 0.25) is 0 Å². The molecule has 30 heavy (non-hydrogen) atoms. The van der Waals surface area contributed by atoms with Crippen LogP contribution in [-0.2, 0) is 4.74 Å². The number of hydrogen-bond donors (Lipinski definition) is 2. The first-order chi connectivity index (χ1) is 14.3. The highest BCUT2D eigenvalue weighted by molar-refractivity contribution is 5.16. The molecule has 3 heteroatoms. The van der Waals surface area contributed by atoms with Gasteiger partial charge in [0.05, 0.1) is 18.0 Å². The summed E-state index contributed by atoms with van der Waals surface area (Å²) in [5.74, 6) is 5.59. The van der Waals surface area contributed by atoms with E-state index in [1.54, 1.807) is 0 Å². The van der Waals surface area contributed by atoms with Crippen LogP contribution in [0.1, 0.15) is 85.5 Å². The van der Waals surface area contributed by atoms with Crippen molar-refractivity contribution >= 4 is 0 Å². The van der Waals surface area contributed by atoms with Crippen molar-refractivity contribution in [1.82, 2.24) is 0 Å². The number of ether oxygens (including phenoxy) is 1. The van der Waals surface area contributed by atoms with Gasteiger partial charge in [-0.2, -0.15) is 0 Å². The molecule has 4 aliphatic carbocycles. The molecule has 11 atom stereocenters. The summed E-state index contributed by atoms with van der Waals surface area (Å²) in [5, 5.41) is 19.5. The molecular formula is C27H44O3. The molecule has 2 N–H and O–H groups in total. The van der Waals surface area contributed by atoms with Gasteiger partial charge in [0.1, 0.15) is 0 Å². The molecule has 170 valence electrons. The van der Waals surface area contributed by atoms with Crippen molar-refractivity contribution in [3.05, 3.63) is 11.8 Å². The van der Waals surface area contributed by atoms with Crippen molar-refractivity contribution < 1.29 is 14.9 Å². The van der Waals surface area contributed by atoms with Gasteiger partial charge in [-0.25, -0.2) is 0 Å². The lowest BCUT2D eigenvalue weighted by Crippen LogP contribution is -2.53. The smallest absolute Gasteiger partial charge is 0.0886 e. The first kappa shape index (κ1) is 21.3. The van der Waals surface area contributed by atoms with Crippen LogP contribution in [0.25, 0.3) is 0 Å². The van der Waals surface area contributed by atoms with Gasteiger partial charge in [0.15, 0.2) is 0 Å². The molecule has 0 aromatic heterocycles. The van der Waals surface area contributed by atoms with Gasteiger partial charge in [-0.1, -0.05) is 27.7 Å². The first-order valence-corrected chi connectivity index (χ1v) is 12.9. The number of allylic oxidation sites excluding steroid dienone is 2. The number of rotatable bonds is 4. The van der Waals surface area contributed by atoms with E-state index in [-0.39, 0.29) is 0 Å². The second-order valence-corrected chi connectivity index (χ2v) is 12.5. The summed E-state index contributed by atoms with van der Waals surface area (Å²) >= 11 is 0. The van der Waals surface area contributed by atoms with E-state index in [2.05, 4.69) is 33.8 Å². The average Bonchev–Trinajstić information content (AvgIpc) is 3.20. The van der Waals surface area contributed by atoms with E-state index in [9.17, 15) is 10.2 Å². The summed E-state index contributed by atoms with van der Waals surface area (Å²) in [6.07, 6.45) is 13.9. The molecule has 0 spiro atoms. The maximum absolute atomic E-state index is 10.1. The van der Waals surface area contributed by atoms with E-state index < -0.39 is 0 Å². The molecule has 0 amide bonds. The second-order valence-electron chi connectivity index (χ2n) is 12.5. The van der Waals surface area contributed by atoms with Crippen molar-refractivity contribution in [2.45, 2.75) is 97.7 Å². The van der Waals surface area contributed by atoms with Crippen molar-refractivity contribution in [2.75, 3.05) is 6.61 Å². The Bertz CT molecular complexity index is 688. The van der Waals surface area contributed by atoms with Crippen LogP contribution < -0.4 is 0 Å². The van der Waals surface area contributed by atoms with Crippen molar-refractivity contribution in [3.63, 3.8) is 0 Å². The average molecular weight is 417 g/mol. The fourth-order valence-corrected chi connectivity index (χ4v) is 9.42. The van der Waals surface area contributed by atoms with Crippen molar-refractivity contribution in [2.24, 2.45) is 52.3 Å². The molecule has 0 aromatic rings. The molecule has 2 unspecified atom stereocenters. The van der Waals surface area contributed by atoms with Gasteiger partial charge in [0.25, 0.3) is 0 Å². The van der Waals surface area contributed by atoms with Crippen LogP contribution in [0.5, 0.6) is 0 Å². The summed E-state index contributed by atoms with van der Waals surface area (Å²) in [4.78, 5) is 0. The largest absolute Gasteiger partial charge is 0.513 e. The van der Waals surface area contributed by atoms with Gasteiger partial charge in [-0.05, 0) is 110 Å². The zero-order valence-electron chi connectivity index (χ0n) is 19.6. The molecule has 0 radical (unpaired) electrons. The van der Waals surface area contributed by atoms with Gasteiger partial charge in [-0.3, -0.25) is 0 Å². The summed E-state index contributed by atoms with van der Waals surface area (Å²) in [7, 11) is 0. The lowest BCUT2D eigenvalue weighted by atomic mass is 9.45. The Morgan fingerprint density at radius 3 is 2.73 bits per heavy atom. The van der Waals surface area contributed by atoms with Gasteiger partial charge in [-0.15, -0.1) is 0 Å². The summed E-state index contributed by atoms with van der Waals surface area (Å²) < 4.78 is 6.75. The molecule has 4 fully saturated rings. The third-order valence-corrected chi connectivity index (χ3v) is 11.1. The monoisotopic (exact) mass is 416 g/mol. The molecule has 1 aliphatic heterocycles. The Hall–Kier alpha value is -0.540. The fourth-order valence-electron chi connectivity index (χ4n) is 9.42. The van der Waals surface area contributed by atoms with E-state index in [0.717, 1.165) is 49.4 Å². The predicted molar refractivity (Wildman–Crippen MR) is 120 cm³/mol. The third-order valence-electron chi connectivity index (χ3n) is 11.1. The lowest BCUT2D eigenvalue weighted by Gasteiger charge is -2.60. The Morgan fingerprint density at radius 1 is 1.17 bits per heavy atom. The van der Waals surface area contributed by atoms with Crippen LogP contribution in [0, 0.1) is 52.3 Å². The lowest BCUT2D eigenvalue weighted by molar-refractivity contribution is -0.105. The molecule has 5 aliphatic rings. The Balaban J connectivity index is 1.33. The van der Waals surface area contributed by atoms with Gasteiger partial charge < -0.3 is 14.9 Å². The zero-order valence-corrected chi connectivity index (χ0v) is 19.6. The zero-order chi connectivity index (χ0) is 21.3. The molecule has 0 aromatic carbocycles. The molecule has 3 saturated carbocycles. The standard InChI is InChI=1S/C27H44O3/c1-16(15-28)5-8-23-17(2)25-24(30-23)14-22-20-7-6-18-13-19(29)9-11-26(18,3)21(20)10-12-27(22,25)4/h9,16-18,20-25,28-29H,5-8,10-15H2,1-4H3/t16?,17-,18?,20-,21+,22+,23-,24+,25+,26+,27+/m1/s1. The number of hydrogen-bond acceptors (Lipinski definition) is 3. The molecule has 3 nitrogen and oxygen atoms in total. The van der Waals surface area contributed by atoms with E-state index in [1.165, 1.54) is 32.1 Å². The van der Waals surface area contributed by atoms with Gasteiger partial charge in [0, 0.05) is 13.0 Å². The van der Waals surface area contributed by atoms with Gasteiger partial charge >= 0.3 is 0 Å². The summed E-state index contributed by atoms with van der Waals surface area (Å²) in [5.41, 5.74) is 0.835. The fraction of sp³-hybridized carbons (Fsp3) is 0.926.